The fraction of sp³-hybridized carbons (Fsp3) is 0.593. The summed E-state index contributed by atoms with van der Waals surface area (Å²) >= 11 is 0. The van der Waals surface area contributed by atoms with Gasteiger partial charge in [-0.3, -0.25) is 4.79 Å². The highest BCUT2D eigenvalue weighted by Crippen LogP contribution is 2.33. The minimum atomic E-state index is -0.0603. The van der Waals surface area contributed by atoms with Gasteiger partial charge in [-0.1, -0.05) is 74.3 Å². The van der Waals surface area contributed by atoms with Gasteiger partial charge in [0, 0.05) is 12.9 Å². The lowest BCUT2D eigenvalue weighted by molar-refractivity contribution is -0.137. The van der Waals surface area contributed by atoms with Gasteiger partial charge in [0.2, 0.25) is 0 Å². The molecule has 174 valence electrons. The van der Waals surface area contributed by atoms with E-state index in [0.717, 1.165) is 38.5 Å². The van der Waals surface area contributed by atoms with Crippen LogP contribution >= 0.6 is 0 Å². The molecule has 1 aliphatic heterocycles. The lowest BCUT2D eigenvalue weighted by Crippen LogP contribution is -2.37. The van der Waals surface area contributed by atoms with Crippen LogP contribution in [0.5, 0.6) is 0 Å². The van der Waals surface area contributed by atoms with Crippen LogP contribution in [0.4, 0.5) is 0 Å². The molecule has 2 fully saturated rings. The van der Waals surface area contributed by atoms with Gasteiger partial charge in [-0.05, 0) is 49.5 Å². The van der Waals surface area contributed by atoms with Gasteiger partial charge in [0.05, 0.1) is 25.4 Å². The lowest BCUT2D eigenvalue weighted by Gasteiger charge is -2.35. The van der Waals surface area contributed by atoms with E-state index in [1.807, 2.05) is 0 Å². The van der Waals surface area contributed by atoms with Gasteiger partial charge in [0.1, 0.15) is 0 Å². The minimum absolute atomic E-state index is 0.0153. The van der Waals surface area contributed by atoms with E-state index in [1.165, 1.54) is 11.0 Å². The molecule has 2 aliphatic rings. The van der Waals surface area contributed by atoms with Crippen LogP contribution < -0.4 is 5.46 Å². The first kappa shape index (κ1) is 24.8. The van der Waals surface area contributed by atoms with Crippen LogP contribution in [0.25, 0.3) is 6.08 Å². The molecule has 1 heterocycles. The zero-order valence-corrected chi connectivity index (χ0v) is 20.4. The van der Waals surface area contributed by atoms with Crippen LogP contribution in [0.2, 0.25) is 5.82 Å². The Morgan fingerprint density at radius 3 is 2.53 bits per heavy atom. The van der Waals surface area contributed by atoms with Crippen LogP contribution in [-0.4, -0.2) is 45.8 Å². The molecular weight excluding hydrogens is 399 g/mol. The number of carbonyl (C=O) groups excluding carboxylic acids is 1. The van der Waals surface area contributed by atoms with E-state index in [4.69, 9.17) is 14.2 Å². The number of esters is 1. The molecule has 4 atom stereocenters. The highest BCUT2D eigenvalue weighted by Gasteiger charge is 2.31. The SMILES string of the molecule is CO[C@@H]1CC(/C=C(\C)C(C)(C)C)CC[C@H]1OC/C=C/c1ccc(BC2CCOC2=O)cc1. The first-order valence-electron chi connectivity index (χ1n) is 12.0. The third-order valence-corrected chi connectivity index (χ3v) is 6.97. The molecule has 1 saturated carbocycles. The van der Waals surface area contributed by atoms with Crippen molar-refractivity contribution in [1.82, 2.24) is 0 Å². The molecule has 1 aromatic carbocycles. The molecule has 0 N–H and O–H groups in total. The zero-order chi connectivity index (χ0) is 23.1. The Bertz CT molecular complexity index is 806. The smallest absolute Gasteiger partial charge is 0.301 e. The van der Waals surface area contributed by atoms with E-state index < -0.39 is 0 Å². The van der Waals surface area contributed by atoms with Crippen LogP contribution in [0.1, 0.15) is 58.9 Å². The molecule has 32 heavy (non-hydrogen) atoms. The van der Waals surface area contributed by atoms with Crippen molar-refractivity contribution in [3.8, 4) is 0 Å². The number of rotatable bonds is 8. The Balaban J connectivity index is 1.45. The molecule has 0 radical (unpaired) electrons. The summed E-state index contributed by atoms with van der Waals surface area (Å²) in [7, 11) is 2.56. The van der Waals surface area contributed by atoms with Crippen molar-refractivity contribution in [3.05, 3.63) is 47.6 Å². The maximum absolute atomic E-state index is 11.6. The monoisotopic (exact) mass is 438 g/mol. The van der Waals surface area contributed by atoms with E-state index in [-0.39, 0.29) is 29.4 Å². The van der Waals surface area contributed by atoms with Crippen LogP contribution in [0.15, 0.2) is 42.0 Å². The highest BCUT2D eigenvalue weighted by molar-refractivity contribution is 6.59. The van der Waals surface area contributed by atoms with Gasteiger partial charge in [-0.2, -0.15) is 0 Å². The molecule has 0 spiro atoms. The summed E-state index contributed by atoms with van der Waals surface area (Å²) in [5, 5.41) is 0. The number of benzene rings is 1. The molecule has 2 unspecified atom stereocenters. The Morgan fingerprint density at radius 1 is 1.16 bits per heavy atom. The Hall–Kier alpha value is -1.85. The number of allylic oxidation sites excluding steroid dienone is 2. The predicted octanol–water partition coefficient (Wildman–Crippen LogP) is 4.69. The summed E-state index contributed by atoms with van der Waals surface area (Å²) in [6.07, 6.45) is 10.9. The second-order valence-electron chi connectivity index (χ2n) is 10.3. The average Bonchev–Trinajstić information content (AvgIpc) is 3.16. The fourth-order valence-electron chi connectivity index (χ4n) is 4.46. The molecule has 0 aromatic heterocycles. The summed E-state index contributed by atoms with van der Waals surface area (Å²) in [5.74, 6) is 0.524. The van der Waals surface area contributed by atoms with E-state index in [0.29, 0.717) is 19.1 Å². The number of cyclic esters (lactones) is 1. The van der Waals surface area contributed by atoms with Crippen LogP contribution in [0.3, 0.4) is 0 Å². The normalized spacial score (nSPS) is 27.0. The topological polar surface area (TPSA) is 44.8 Å². The molecule has 3 rings (SSSR count). The number of hydrogen-bond acceptors (Lipinski definition) is 4. The summed E-state index contributed by atoms with van der Waals surface area (Å²) in [4.78, 5) is 11.6. The molecule has 5 heteroatoms. The first-order valence-corrected chi connectivity index (χ1v) is 12.0. The zero-order valence-electron chi connectivity index (χ0n) is 20.4. The van der Waals surface area contributed by atoms with Crippen molar-refractivity contribution < 1.29 is 19.0 Å². The third kappa shape index (κ3) is 7.08. The summed E-state index contributed by atoms with van der Waals surface area (Å²) < 4.78 is 17.0. The number of ether oxygens (including phenoxy) is 3. The summed E-state index contributed by atoms with van der Waals surface area (Å²) in [6, 6.07) is 8.39. The largest absolute Gasteiger partial charge is 0.466 e. The summed E-state index contributed by atoms with van der Waals surface area (Å²) in [6.45, 7) is 10.2. The molecule has 1 aliphatic carbocycles. The van der Waals surface area contributed by atoms with Gasteiger partial charge < -0.3 is 14.2 Å². The van der Waals surface area contributed by atoms with E-state index >= 15 is 0 Å². The predicted molar refractivity (Wildman–Crippen MR) is 133 cm³/mol. The Morgan fingerprint density at radius 2 is 1.91 bits per heavy atom. The average molecular weight is 438 g/mol. The lowest BCUT2D eigenvalue weighted by atomic mass is 9.58. The number of carbonyl (C=O) groups is 1. The third-order valence-electron chi connectivity index (χ3n) is 6.97. The molecular formula is C27H39BO4. The highest BCUT2D eigenvalue weighted by atomic mass is 16.5. The van der Waals surface area contributed by atoms with Crippen molar-refractivity contribution in [2.75, 3.05) is 20.3 Å². The van der Waals surface area contributed by atoms with E-state index in [2.05, 4.69) is 70.2 Å². The van der Waals surface area contributed by atoms with Gasteiger partial charge in [-0.25, -0.2) is 0 Å². The fourth-order valence-corrected chi connectivity index (χ4v) is 4.46. The Kier molecular flexibility index (Phi) is 8.78. The van der Waals surface area contributed by atoms with Crippen molar-refractivity contribution in [2.24, 2.45) is 11.3 Å². The quantitative estimate of drug-likeness (QED) is 0.336. The number of hydrogen-bond donors (Lipinski definition) is 0. The second kappa shape index (κ2) is 11.3. The van der Waals surface area contributed by atoms with Gasteiger partial charge in [0.25, 0.3) is 0 Å². The molecule has 0 amide bonds. The van der Waals surface area contributed by atoms with Gasteiger partial charge in [-0.15, -0.1) is 0 Å². The van der Waals surface area contributed by atoms with Crippen molar-refractivity contribution >= 4 is 24.8 Å². The first-order chi connectivity index (χ1) is 15.3. The van der Waals surface area contributed by atoms with Crippen molar-refractivity contribution in [3.63, 3.8) is 0 Å². The maximum atomic E-state index is 11.6. The van der Waals surface area contributed by atoms with Gasteiger partial charge in [0.15, 0.2) is 7.28 Å². The second-order valence-corrected chi connectivity index (χ2v) is 10.3. The van der Waals surface area contributed by atoms with E-state index in [9.17, 15) is 4.79 Å². The number of methoxy groups -OCH3 is 1. The van der Waals surface area contributed by atoms with Crippen LogP contribution in [-0.2, 0) is 19.0 Å². The molecule has 0 bridgehead atoms. The van der Waals surface area contributed by atoms with Gasteiger partial charge >= 0.3 is 5.97 Å². The minimum Gasteiger partial charge on any atom is -0.466 e. The molecule has 1 saturated heterocycles. The molecule has 4 nitrogen and oxygen atoms in total. The standard InChI is InChI=1S/C27H39BO4/c1-19(27(2,3)4)17-21-10-13-24(25(18-21)30-5)31-15-6-7-20-8-11-22(12-9-20)28-23-14-16-32-26(23)29/h6-9,11-12,17,21,23-25,28H,10,13-16,18H2,1-5H3/b7-6+,19-17+/t21?,23?,24-,25-/m1/s1. The van der Waals surface area contributed by atoms with Crippen molar-refractivity contribution in [2.45, 2.75) is 71.4 Å². The summed E-state index contributed by atoms with van der Waals surface area (Å²) in [5.41, 5.74) is 3.99. The van der Waals surface area contributed by atoms with E-state index in [1.54, 1.807) is 7.11 Å². The Labute approximate surface area is 194 Å². The van der Waals surface area contributed by atoms with Crippen LogP contribution in [0, 0.1) is 11.3 Å². The van der Waals surface area contributed by atoms with Crippen molar-refractivity contribution in [1.29, 1.82) is 0 Å². The maximum Gasteiger partial charge on any atom is 0.301 e. The molecule has 1 aromatic rings.